The number of Topliss-reactive ketones (excluding diaryl/α,β-unsaturated/α-hetero) is 1. The Labute approximate surface area is 103 Å². The zero-order valence-electron chi connectivity index (χ0n) is 9.36. The third-order valence-electron chi connectivity index (χ3n) is 2.46. The summed E-state index contributed by atoms with van der Waals surface area (Å²) in [5.74, 6) is -1.09. The van der Waals surface area contributed by atoms with E-state index in [9.17, 15) is 35.5 Å². The molecule has 0 saturated heterocycles. The average Bonchev–Trinajstić information content (AvgIpc) is 2.24. The van der Waals surface area contributed by atoms with Crippen LogP contribution in [0.1, 0.15) is 22.8 Å². The third kappa shape index (κ3) is 2.43. The van der Waals surface area contributed by atoms with Gasteiger partial charge in [-0.05, 0) is 6.92 Å². The molecule has 1 nitrogen and oxygen atoms in total. The highest BCUT2D eigenvalue weighted by molar-refractivity contribution is 5.95. The van der Waals surface area contributed by atoms with E-state index in [0.717, 1.165) is 19.1 Å². The summed E-state index contributed by atoms with van der Waals surface area (Å²) in [5, 5.41) is 0. The van der Waals surface area contributed by atoms with Crippen LogP contribution in [-0.4, -0.2) is 18.1 Å². The molecular formula is C11H7F7O. The Kier molecular flexibility index (Phi) is 3.66. The average molecular weight is 288 g/mol. The van der Waals surface area contributed by atoms with Crippen molar-refractivity contribution >= 4 is 5.78 Å². The van der Waals surface area contributed by atoms with Gasteiger partial charge in [0.1, 0.15) is 0 Å². The fraction of sp³-hybridized carbons (Fsp3) is 0.364. The van der Waals surface area contributed by atoms with Crippen molar-refractivity contribution in [3.63, 3.8) is 0 Å². The molecule has 0 aromatic heterocycles. The van der Waals surface area contributed by atoms with Crippen molar-refractivity contribution < 1.29 is 35.5 Å². The second-order valence-electron chi connectivity index (χ2n) is 3.76. The van der Waals surface area contributed by atoms with E-state index in [1.54, 1.807) is 0 Å². The van der Waals surface area contributed by atoms with Gasteiger partial charge in [-0.3, -0.25) is 4.79 Å². The van der Waals surface area contributed by atoms with E-state index in [0.29, 0.717) is 12.1 Å². The molecular weight excluding hydrogens is 281 g/mol. The molecule has 1 rings (SSSR count). The molecule has 0 unspecified atom stereocenters. The summed E-state index contributed by atoms with van der Waals surface area (Å²) in [5.41, 5.74) is -8.29. The van der Waals surface area contributed by atoms with Crippen LogP contribution >= 0.6 is 0 Å². The molecule has 0 aliphatic carbocycles. The van der Waals surface area contributed by atoms with Crippen molar-refractivity contribution in [2.45, 2.75) is 24.9 Å². The number of carbonyl (C=O) groups is 1. The van der Waals surface area contributed by atoms with E-state index >= 15 is 0 Å². The minimum Gasteiger partial charge on any atom is -0.294 e. The van der Waals surface area contributed by atoms with E-state index in [1.165, 1.54) is 0 Å². The Bertz CT molecular complexity index is 473. The van der Waals surface area contributed by atoms with Crippen LogP contribution < -0.4 is 0 Å². The van der Waals surface area contributed by atoms with Crippen LogP contribution in [0.5, 0.6) is 0 Å². The molecule has 0 amide bonds. The maximum atomic E-state index is 13.8. The fourth-order valence-electron chi connectivity index (χ4n) is 1.56. The molecule has 19 heavy (non-hydrogen) atoms. The number of halogens is 7. The van der Waals surface area contributed by atoms with Gasteiger partial charge in [0, 0.05) is 11.1 Å². The lowest BCUT2D eigenvalue weighted by atomic mass is 9.88. The van der Waals surface area contributed by atoms with E-state index < -0.39 is 34.9 Å². The van der Waals surface area contributed by atoms with Crippen LogP contribution in [0, 0.1) is 0 Å². The minimum atomic E-state index is -6.23. The van der Waals surface area contributed by atoms with Gasteiger partial charge in [0.15, 0.2) is 5.78 Å². The van der Waals surface area contributed by atoms with Gasteiger partial charge in [-0.25, -0.2) is 4.39 Å². The van der Waals surface area contributed by atoms with Crippen molar-refractivity contribution in [2.75, 3.05) is 0 Å². The summed E-state index contributed by atoms with van der Waals surface area (Å²) in [6, 6.07) is 2.86. The van der Waals surface area contributed by atoms with Crippen LogP contribution in [0.15, 0.2) is 24.3 Å². The standard InChI is InChI=1S/C11H7F7O/c1-6(19)7-4-2-3-5-8(7)9(12,10(13,14)15)11(16,17)18/h2-5H,1H3. The summed E-state index contributed by atoms with van der Waals surface area (Å²) in [4.78, 5) is 11.1. The normalized spacial score (nSPS) is 13.5. The Balaban J connectivity index is 3.67. The third-order valence-corrected chi connectivity index (χ3v) is 2.46. The van der Waals surface area contributed by atoms with Gasteiger partial charge in [-0.15, -0.1) is 0 Å². The first-order valence-corrected chi connectivity index (χ1v) is 4.85. The van der Waals surface area contributed by atoms with Gasteiger partial charge in [-0.1, -0.05) is 24.3 Å². The fourth-order valence-corrected chi connectivity index (χ4v) is 1.56. The van der Waals surface area contributed by atoms with Gasteiger partial charge in [0.25, 0.3) is 0 Å². The highest BCUT2D eigenvalue weighted by atomic mass is 19.4. The second-order valence-corrected chi connectivity index (χ2v) is 3.76. The Morgan fingerprint density at radius 2 is 1.32 bits per heavy atom. The molecule has 0 heterocycles. The molecule has 0 radical (unpaired) electrons. The van der Waals surface area contributed by atoms with Crippen LogP contribution in [0.25, 0.3) is 0 Å². The zero-order chi connectivity index (χ0) is 15.1. The van der Waals surface area contributed by atoms with E-state index in [1.807, 2.05) is 0 Å². The molecule has 1 aromatic rings. The summed E-state index contributed by atoms with van der Waals surface area (Å²) in [7, 11) is 0. The maximum absolute atomic E-state index is 13.8. The molecule has 0 spiro atoms. The first-order valence-electron chi connectivity index (χ1n) is 4.85. The number of hydrogen-bond acceptors (Lipinski definition) is 1. The first kappa shape index (κ1) is 15.5. The second kappa shape index (κ2) is 4.50. The SMILES string of the molecule is CC(=O)c1ccccc1C(F)(C(F)(F)F)C(F)(F)F. The van der Waals surface area contributed by atoms with E-state index in [4.69, 9.17) is 0 Å². The lowest BCUT2D eigenvalue weighted by Crippen LogP contribution is -2.51. The van der Waals surface area contributed by atoms with Crippen LogP contribution in [-0.2, 0) is 5.67 Å². The summed E-state index contributed by atoms with van der Waals surface area (Å²) in [6.45, 7) is 0.756. The highest BCUT2D eigenvalue weighted by Gasteiger charge is 2.74. The lowest BCUT2D eigenvalue weighted by Gasteiger charge is -2.31. The molecule has 106 valence electrons. The molecule has 0 atom stereocenters. The molecule has 0 bridgehead atoms. The Morgan fingerprint density at radius 1 is 0.895 bits per heavy atom. The number of ketones is 1. The van der Waals surface area contributed by atoms with Crippen LogP contribution in [0.3, 0.4) is 0 Å². The van der Waals surface area contributed by atoms with Gasteiger partial charge < -0.3 is 0 Å². The summed E-state index contributed by atoms with van der Waals surface area (Å²) >= 11 is 0. The monoisotopic (exact) mass is 288 g/mol. The number of hydrogen-bond donors (Lipinski definition) is 0. The predicted molar refractivity (Wildman–Crippen MR) is 51.3 cm³/mol. The molecule has 0 fully saturated rings. The Morgan fingerprint density at radius 3 is 1.68 bits per heavy atom. The number of rotatable bonds is 2. The van der Waals surface area contributed by atoms with Crippen molar-refractivity contribution in [3.05, 3.63) is 35.4 Å². The van der Waals surface area contributed by atoms with Crippen molar-refractivity contribution in [1.29, 1.82) is 0 Å². The van der Waals surface area contributed by atoms with Crippen molar-refractivity contribution in [1.82, 2.24) is 0 Å². The predicted octanol–water partition coefficient (Wildman–Crippen LogP) is 4.18. The van der Waals surface area contributed by atoms with Crippen molar-refractivity contribution in [3.8, 4) is 0 Å². The Hall–Kier alpha value is -1.60. The first-order chi connectivity index (χ1) is 8.43. The topological polar surface area (TPSA) is 17.1 Å². The molecule has 0 N–H and O–H groups in total. The van der Waals surface area contributed by atoms with Crippen molar-refractivity contribution in [2.24, 2.45) is 0 Å². The van der Waals surface area contributed by atoms with Crippen LogP contribution in [0.4, 0.5) is 30.7 Å². The van der Waals surface area contributed by atoms with E-state index in [-0.39, 0.29) is 0 Å². The number of benzene rings is 1. The number of alkyl halides is 7. The molecule has 0 aliphatic heterocycles. The molecule has 0 saturated carbocycles. The van der Waals surface area contributed by atoms with Crippen LogP contribution in [0.2, 0.25) is 0 Å². The smallest absolute Gasteiger partial charge is 0.294 e. The largest absolute Gasteiger partial charge is 0.435 e. The minimum absolute atomic E-state index is 0.303. The van der Waals surface area contributed by atoms with Gasteiger partial charge in [-0.2, -0.15) is 26.3 Å². The van der Waals surface area contributed by atoms with Gasteiger partial charge in [0.2, 0.25) is 0 Å². The van der Waals surface area contributed by atoms with E-state index in [2.05, 4.69) is 0 Å². The molecule has 8 heteroatoms. The molecule has 0 aliphatic rings. The van der Waals surface area contributed by atoms with Gasteiger partial charge in [0.05, 0.1) is 0 Å². The van der Waals surface area contributed by atoms with Gasteiger partial charge >= 0.3 is 18.0 Å². The maximum Gasteiger partial charge on any atom is 0.435 e. The quantitative estimate of drug-likeness (QED) is 0.589. The highest BCUT2D eigenvalue weighted by Crippen LogP contribution is 2.53. The molecule has 1 aromatic carbocycles. The summed E-state index contributed by atoms with van der Waals surface area (Å²) in [6.07, 6.45) is -12.5. The zero-order valence-corrected chi connectivity index (χ0v) is 9.36. The summed E-state index contributed by atoms with van der Waals surface area (Å²) < 4.78 is 88.9. The lowest BCUT2D eigenvalue weighted by molar-refractivity contribution is -0.348. The number of carbonyl (C=O) groups excluding carboxylic acids is 1.